The third-order valence-corrected chi connectivity index (χ3v) is 5.30. The summed E-state index contributed by atoms with van der Waals surface area (Å²) in [5.41, 5.74) is 4.15. The zero-order valence-electron chi connectivity index (χ0n) is 18.5. The summed E-state index contributed by atoms with van der Waals surface area (Å²) in [5, 5.41) is 0. The monoisotopic (exact) mass is 357 g/mol. The van der Waals surface area contributed by atoms with Gasteiger partial charge in [-0.3, -0.25) is 0 Å². The fraction of sp³-hybridized carbons (Fsp3) is 0.600. The van der Waals surface area contributed by atoms with Crippen LogP contribution >= 0.6 is 0 Å². The SMILES string of the molecule is C=C(CC)C1CC(C)CCC1C.C=CC.CCc1ccc(N(C)C)cc1. The van der Waals surface area contributed by atoms with Gasteiger partial charge >= 0.3 is 0 Å². The molecule has 1 fully saturated rings. The summed E-state index contributed by atoms with van der Waals surface area (Å²) < 4.78 is 0. The van der Waals surface area contributed by atoms with Crippen molar-refractivity contribution < 1.29 is 0 Å². The van der Waals surface area contributed by atoms with Gasteiger partial charge in [0.1, 0.15) is 0 Å². The van der Waals surface area contributed by atoms with E-state index in [1.807, 2.05) is 6.92 Å². The van der Waals surface area contributed by atoms with E-state index in [4.69, 9.17) is 0 Å². The lowest BCUT2D eigenvalue weighted by Gasteiger charge is -2.33. The van der Waals surface area contributed by atoms with E-state index in [0.717, 1.165) is 24.2 Å². The number of anilines is 1. The summed E-state index contributed by atoms with van der Waals surface area (Å²) >= 11 is 0. The van der Waals surface area contributed by atoms with Gasteiger partial charge in [-0.2, -0.15) is 0 Å². The smallest absolute Gasteiger partial charge is 0.0361 e. The first kappa shape index (κ1) is 24.5. The average Bonchev–Trinajstić information content (AvgIpc) is 2.64. The van der Waals surface area contributed by atoms with Crippen molar-refractivity contribution >= 4 is 5.69 Å². The molecule has 2 rings (SSSR count). The molecule has 3 atom stereocenters. The molecule has 1 aromatic rings. The average molecular weight is 358 g/mol. The minimum absolute atomic E-state index is 0.818. The Kier molecular flexibility index (Phi) is 12.9. The lowest BCUT2D eigenvalue weighted by atomic mass is 9.72. The van der Waals surface area contributed by atoms with Gasteiger partial charge in [0.2, 0.25) is 0 Å². The molecule has 0 aromatic heterocycles. The summed E-state index contributed by atoms with van der Waals surface area (Å²) in [6, 6.07) is 8.66. The maximum absolute atomic E-state index is 4.18. The minimum Gasteiger partial charge on any atom is -0.378 e. The molecule has 0 N–H and O–H groups in total. The van der Waals surface area contributed by atoms with Gasteiger partial charge in [0.25, 0.3) is 0 Å². The van der Waals surface area contributed by atoms with E-state index in [0.29, 0.717) is 0 Å². The van der Waals surface area contributed by atoms with Crippen LogP contribution in [0.15, 0.2) is 49.1 Å². The van der Waals surface area contributed by atoms with Gasteiger partial charge in [0.15, 0.2) is 0 Å². The van der Waals surface area contributed by atoms with Gasteiger partial charge in [0.05, 0.1) is 0 Å². The van der Waals surface area contributed by atoms with Crippen LogP contribution in [0.25, 0.3) is 0 Å². The Labute approximate surface area is 164 Å². The quantitative estimate of drug-likeness (QED) is 0.503. The molecule has 1 heteroatoms. The molecule has 0 bridgehead atoms. The highest BCUT2D eigenvalue weighted by Gasteiger charge is 2.26. The molecular weight excluding hydrogens is 314 g/mol. The fourth-order valence-corrected chi connectivity index (χ4v) is 3.39. The van der Waals surface area contributed by atoms with E-state index in [9.17, 15) is 0 Å². The topological polar surface area (TPSA) is 3.24 Å². The number of allylic oxidation sites excluding steroid dienone is 2. The summed E-state index contributed by atoms with van der Waals surface area (Å²) in [6.07, 6.45) is 8.25. The van der Waals surface area contributed by atoms with Crippen LogP contribution in [0.2, 0.25) is 0 Å². The minimum atomic E-state index is 0.818. The summed E-state index contributed by atoms with van der Waals surface area (Å²) in [5.74, 6) is 2.63. The van der Waals surface area contributed by atoms with Crippen LogP contribution < -0.4 is 4.90 Å². The summed E-state index contributed by atoms with van der Waals surface area (Å²) in [4.78, 5) is 2.11. The maximum atomic E-state index is 4.18. The van der Waals surface area contributed by atoms with Gasteiger partial charge in [-0.25, -0.2) is 0 Å². The van der Waals surface area contributed by atoms with Crippen LogP contribution in [0.4, 0.5) is 5.69 Å². The van der Waals surface area contributed by atoms with E-state index in [-0.39, 0.29) is 0 Å². The lowest BCUT2D eigenvalue weighted by Crippen LogP contribution is -2.22. The molecule has 1 aliphatic carbocycles. The highest BCUT2D eigenvalue weighted by atomic mass is 15.1. The molecule has 0 amide bonds. The zero-order valence-corrected chi connectivity index (χ0v) is 18.5. The highest BCUT2D eigenvalue weighted by Crippen LogP contribution is 2.37. The molecule has 1 nitrogen and oxygen atoms in total. The number of rotatable bonds is 4. The Morgan fingerprint density at radius 1 is 1.12 bits per heavy atom. The van der Waals surface area contributed by atoms with Crippen LogP contribution in [-0.4, -0.2) is 14.1 Å². The first-order valence-corrected chi connectivity index (χ1v) is 10.3. The van der Waals surface area contributed by atoms with Crippen LogP contribution in [0.5, 0.6) is 0 Å². The molecule has 1 saturated carbocycles. The van der Waals surface area contributed by atoms with Gasteiger partial charge in [-0.05, 0) is 68.1 Å². The molecule has 0 radical (unpaired) electrons. The second kappa shape index (κ2) is 13.7. The Morgan fingerprint density at radius 2 is 1.65 bits per heavy atom. The van der Waals surface area contributed by atoms with Gasteiger partial charge in [0, 0.05) is 19.8 Å². The second-order valence-corrected chi connectivity index (χ2v) is 7.84. The molecule has 0 heterocycles. The number of hydrogen-bond acceptors (Lipinski definition) is 1. The molecule has 148 valence electrons. The first-order valence-electron chi connectivity index (χ1n) is 10.3. The molecule has 1 aromatic carbocycles. The Hall–Kier alpha value is -1.50. The Balaban J connectivity index is 0.000000419. The number of aryl methyl sites for hydroxylation is 1. The summed E-state index contributed by atoms with van der Waals surface area (Å²) in [7, 11) is 4.11. The van der Waals surface area contributed by atoms with Crippen molar-refractivity contribution in [2.75, 3.05) is 19.0 Å². The Morgan fingerprint density at radius 3 is 2.08 bits per heavy atom. The van der Waals surface area contributed by atoms with E-state index in [1.54, 1.807) is 6.08 Å². The molecule has 3 unspecified atom stereocenters. The molecule has 0 spiro atoms. The number of hydrogen-bond donors (Lipinski definition) is 0. The third-order valence-electron chi connectivity index (χ3n) is 5.30. The van der Waals surface area contributed by atoms with E-state index in [2.05, 4.69) is 84.1 Å². The highest BCUT2D eigenvalue weighted by molar-refractivity contribution is 5.45. The predicted molar refractivity (Wildman–Crippen MR) is 121 cm³/mol. The zero-order chi connectivity index (χ0) is 20.1. The third kappa shape index (κ3) is 9.27. The Bertz CT molecular complexity index is 497. The van der Waals surface area contributed by atoms with Crippen molar-refractivity contribution in [2.45, 2.75) is 66.7 Å². The van der Waals surface area contributed by atoms with E-state index in [1.165, 1.54) is 42.5 Å². The second-order valence-electron chi connectivity index (χ2n) is 7.84. The lowest BCUT2D eigenvalue weighted by molar-refractivity contribution is 0.231. The molecule has 1 aliphatic rings. The van der Waals surface area contributed by atoms with E-state index < -0.39 is 0 Å². The van der Waals surface area contributed by atoms with Crippen molar-refractivity contribution in [2.24, 2.45) is 17.8 Å². The standard InChI is InChI=1S/C12H22.C10H15N.C3H6/c1-5-10(3)12-8-9(2)6-7-11(12)4;1-4-9-5-7-10(8-6-9)11(2)3;1-3-2/h9,11-12H,3,5-8H2,1-2,4H3;5-8H,4H2,1-3H3;3H,1H2,2H3. The van der Waals surface area contributed by atoms with Crippen LogP contribution in [0.3, 0.4) is 0 Å². The van der Waals surface area contributed by atoms with Crippen molar-refractivity contribution in [3.63, 3.8) is 0 Å². The number of benzene rings is 1. The largest absolute Gasteiger partial charge is 0.378 e. The maximum Gasteiger partial charge on any atom is 0.0361 e. The number of nitrogens with zero attached hydrogens (tertiary/aromatic N) is 1. The van der Waals surface area contributed by atoms with Crippen molar-refractivity contribution in [3.8, 4) is 0 Å². The van der Waals surface area contributed by atoms with Crippen molar-refractivity contribution in [3.05, 3.63) is 54.6 Å². The van der Waals surface area contributed by atoms with Crippen LogP contribution in [0.1, 0.15) is 65.9 Å². The van der Waals surface area contributed by atoms with Crippen LogP contribution in [0, 0.1) is 17.8 Å². The fourth-order valence-electron chi connectivity index (χ4n) is 3.39. The molecular formula is C25H43N. The van der Waals surface area contributed by atoms with Crippen molar-refractivity contribution in [1.29, 1.82) is 0 Å². The first-order chi connectivity index (χ1) is 12.3. The normalized spacial score (nSPS) is 21.4. The molecule has 0 saturated heterocycles. The summed E-state index contributed by atoms with van der Waals surface area (Å²) in [6.45, 7) is 18.6. The van der Waals surface area contributed by atoms with Crippen LogP contribution in [-0.2, 0) is 6.42 Å². The van der Waals surface area contributed by atoms with E-state index >= 15 is 0 Å². The van der Waals surface area contributed by atoms with Crippen molar-refractivity contribution in [1.82, 2.24) is 0 Å². The van der Waals surface area contributed by atoms with Gasteiger partial charge in [-0.1, -0.05) is 64.5 Å². The van der Waals surface area contributed by atoms with Gasteiger partial charge < -0.3 is 4.90 Å². The van der Waals surface area contributed by atoms with Gasteiger partial charge in [-0.15, -0.1) is 6.58 Å². The molecule has 0 aliphatic heterocycles. The predicted octanol–water partition coefficient (Wildman–Crippen LogP) is 7.53. The molecule has 26 heavy (non-hydrogen) atoms.